The quantitative estimate of drug-likeness (QED) is 0.858. The van der Waals surface area contributed by atoms with E-state index >= 15 is 0 Å². The molecule has 108 valence electrons. The van der Waals surface area contributed by atoms with Crippen molar-refractivity contribution < 1.29 is 23.5 Å². The molecule has 2 aromatic rings. The maximum Gasteiger partial charge on any atom is 0.336 e. The lowest BCUT2D eigenvalue weighted by atomic mass is 9.98. The third-order valence-corrected chi connectivity index (χ3v) is 3.27. The predicted octanol–water partition coefficient (Wildman–Crippen LogP) is 4.20. The van der Waals surface area contributed by atoms with E-state index in [9.17, 15) is 18.4 Å². The Morgan fingerprint density at radius 3 is 2.05 bits per heavy atom. The van der Waals surface area contributed by atoms with Gasteiger partial charge in [0.2, 0.25) is 0 Å². The lowest BCUT2D eigenvalue weighted by molar-refractivity contribution is 0.0692. The number of carbonyl (C=O) groups excluding carboxylic acids is 1. The Morgan fingerprint density at radius 2 is 1.48 bits per heavy atom. The zero-order valence-corrected chi connectivity index (χ0v) is 11.7. The van der Waals surface area contributed by atoms with Crippen LogP contribution >= 0.6 is 23.2 Å². The van der Waals surface area contributed by atoms with Crippen LogP contribution in [0.25, 0.3) is 0 Å². The van der Waals surface area contributed by atoms with Crippen LogP contribution in [0.2, 0.25) is 10.0 Å². The number of carboxylic acid groups (broad SMARTS) is 1. The van der Waals surface area contributed by atoms with Gasteiger partial charge in [-0.05, 0) is 30.3 Å². The number of carboxylic acids is 1. The second-order valence-electron chi connectivity index (χ2n) is 4.07. The summed E-state index contributed by atoms with van der Waals surface area (Å²) in [6, 6.07) is 4.97. The van der Waals surface area contributed by atoms with E-state index in [4.69, 9.17) is 28.3 Å². The average molecular weight is 331 g/mol. The second kappa shape index (κ2) is 5.79. The van der Waals surface area contributed by atoms with Gasteiger partial charge in [-0.1, -0.05) is 23.2 Å². The SMILES string of the molecule is O=C(O)c1cc(F)c(F)cc1C(=O)c1cc(Cl)ccc1Cl. The topological polar surface area (TPSA) is 54.4 Å². The molecule has 0 bridgehead atoms. The maximum absolute atomic E-state index is 13.3. The van der Waals surface area contributed by atoms with Crippen LogP contribution in [0.15, 0.2) is 30.3 Å². The van der Waals surface area contributed by atoms with Crippen LogP contribution in [-0.4, -0.2) is 16.9 Å². The highest BCUT2D eigenvalue weighted by molar-refractivity contribution is 6.37. The minimum absolute atomic E-state index is 0.0190. The first-order chi connectivity index (χ1) is 9.81. The molecule has 2 aromatic carbocycles. The van der Waals surface area contributed by atoms with Gasteiger partial charge >= 0.3 is 5.97 Å². The molecule has 0 aliphatic heterocycles. The number of benzene rings is 2. The Labute approximate surface area is 127 Å². The first-order valence-corrected chi connectivity index (χ1v) is 6.29. The fourth-order valence-electron chi connectivity index (χ4n) is 1.73. The van der Waals surface area contributed by atoms with Crippen LogP contribution in [-0.2, 0) is 0 Å². The van der Waals surface area contributed by atoms with E-state index in [1.807, 2.05) is 0 Å². The number of rotatable bonds is 3. The van der Waals surface area contributed by atoms with Crippen molar-refractivity contribution in [1.29, 1.82) is 0 Å². The van der Waals surface area contributed by atoms with Gasteiger partial charge in [0.1, 0.15) is 0 Å². The third kappa shape index (κ3) is 3.04. The van der Waals surface area contributed by atoms with E-state index in [0.29, 0.717) is 12.1 Å². The lowest BCUT2D eigenvalue weighted by Gasteiger charge is -2.08. The van der Waals surface area contributed by atoms with Crippen LogP contribution in [0.4, 0.5) is 8.78 Å². The van der Waals surface area contributed by atoms with Gasteiger partial charge in [-0.25, -0.2) is 13.6 Å². The summed E-state index contributed by atoms with van der Waals surface area (Å²) in [5.41, 5.74) is -1.27. The summed E-state index contributed by atoms with van der Waals surface area (Å²) < 4.78 is 26.4. The van der Waals surface area contributed by atoms with E-state index in [1.165, 1.54) is 18.2 Å². The molecule has 0 saturated heterocycles. The van der Waals surface area contributed by atoms with Gasteiger partial charge in [-0.2, -0.15) is 0 Å². The molecule has 0 aliphatic rings. The molecule has 0 heterocycles. The van der Waals surface area contributed by atoms with Crippen LogP contribution in [0.5, 0.6) is 0 Å². The first-order valence-electron chi connectivity index (χ1n) is 5.53. The smallest absolute Gasteiger partial charge is 0.336 e. The number of ketones is 1. The molecular weight excluding hydrogens is 325 g/mol. The van der Waals surface area contributed by atoms with Crippen LogP contribution < -0.4 is 0 Å². The van der Waals surface area contributed by atoms with Gasteiger partial charge in [0.25, 0.3) is 0 Å². The van der Waals surface area contributed by atoms with Gasteiger partial charge in [0.15, 0.2) is 17.4 Å². The van der Waals surface area contributed by atoms with Crippen molar-refractivity contribution in [2.24, 2.45) is 0 Å². The molecule has 0 unspecified atom stereocenters. The summed E-state index contributed by atoms with van der Waals surface area (Å²) in [6.07, 6.45) is 0. The third-order valence-electron chi connectivity index (χ3n) is 2.71. The largest absolute Gasteiger partial charge is 0.478 e. The summed E-state index contributed by atoms with van der Waals surface area (Å²) in [5.74, 6) is -5.11. The minimum Gasteiger partial charge on any atom is -0.478 e. The highest BCUT2D eigenvalue weighted by Crippen LogP contribution is 2.26. The van der Waals surface area contributed by atoms with Crippen molar-refractivity contribution in [1.82, 2.24) is 0 Å². The zero-order valence-electron chi connectivity index (χ0n) is 10.2. The van der Waals surface area contributed by atoms with E-state index in [1.54, 1.807) is 0 Å². The molecule has 0 atom stereocenters. The molecule has 3 nitrogen and oxygen atoms in total. The Hall–Kier alpha value is -1.98. The molecule has 2 rings (SSSR count). The molecule has 1 N–H and O–H groups in total. The number of carbonyl (C=O) groups is 2. The molecule has 0 aliphatic carbocycles. The summed E-state index contributed by atoms with van der Waals surface area (Å²) in [4.78, 5) is 23.4. The highest BCUT2D eigenvalue weighted by atomic mass is 35.5. The lowest BCUT2D eigenvalue weighted by Crippen LogP contribution is -2.12. The molecule has 0 aromatic heterocycles. The Bertz CT molecular complexity index is 760. The van der Waals surface area contributed by atoms with E-state index in [-0.39, 0.29) is 15.6 Å². The highest BCUT2D eigenvalue weighted by Gasteiger charge is 2.23. The molecule has 0 spiro atoms. The van der Waals surface area contributed by atoms with Crippen LogP contribution in [0.1, 0.15) is 26.3 Å². The van der Waals surface area contributed by atoms with E-state index in [2.05, 4.69) is 0 Å². The van der Waals surface area contributed by atoms with Crippen molar-refractivity contribution in [3.8, 4) is 0 Å². The molecule has 0 amide bonds. The van der Waals surface area contributed by atoms with Gasteiger partial charge in [0, 0.05) is 16.1 Å². The number of aromatic carboxylic acids is 1. The zero-order chi connectivity index (χ0) is 15.7. The van der Waals surface area contributed by atoms with Gasteiger partial charge < -0.3 is 5.11 Å². The molecule has 7 heteroatoms. The summed E-state index contributed by atoms with van der Waals surface area (Å²) in [6.45, 7) is 0. The molecule has 0 radical (unpaired) electrons. The summed E-state index contributed by atoms with van der Waals surface area (Å²) in [5, 5.41) is 9.22. The molecule has 21 heavy (non-hydrogen) atoms. The molecular formula is C14H6Cl2F2O3. The van der Waals surface area contributed by atoms with Crippen LogP contribution in [0, 0.1) is 11.6 Å². The van der Waals surface area contributed by atoms with E-state index in [0.717, 1.165) is 0 Å². The van der Waals surface area contributed by atoms with Gasteiger partial charge in [0.05, 0.1) is 10.6 Å². The fourth-order valence-corrected chi connectivity index (χ4v) is 2.10. The monoisotopic (exact) mass is 330 g/mol. The summed E-state index contributed by atoms with van der Waals surface area (Å²) in [7, 11) is 0. The second-order valence-corrected chi connectivity index (χ2v) is 4.91. The maximum atomic E-state index is 13.3. The normalized spacial score (nSPS) is 10.5. The number of halogens is 4. The Kier molecular flexibility index (Phi) is 4.25. The van der Waals surface area contributed by atoms with Gasteiger partial charge in [-0.15, -0.1) is 0 Å². The number of hydrogen-bond acceptors (Lipinski definition) is 2. The predicted molar refractivity (Wildman–Crippen MR) is 73.2 cm³/mol. The standard InChI is InChI=1S/C14H6Cl2F2O3/c15-6-1-2-10(16)9(3-6)13(19)7-4-11(17)12(18)5-8(7)14(20)21/h1-5H,(H,20,21). The van der Waals surface area contributed by atoms with Crippen molar-refractivity contribution >= 4 is 35.0 Å². The fraction of sp³-hybridized carbons (Fsp3) is 0. The minimum atomic E-state index is -1.56. The number of hydrogen-bond donors (Lipinski definition) is 1. The Balaban J connectivity index is 2.65. The van der Waals surface area contributed by atoms with Crippen molar-refractivity contribution in [2.45, 2.75) is 0 Å². The molecule has 0 fully saturated rings. The average Bonchev–Trinajstić information content (AvgIpc) is 2.43. The Morgan fingerprint density at radius 1 is 0.905 bits per heavy atom. The summed E-state index contributed by atoms with van der Waals surface area (Å²) >= 11 is 11.6. The van der Waals surface area contributed by atoms with Gasteiger partial charge in [-0.3, -0.25) is 4.79 Å². The van der Waals surface area contributed by atoms with Crippen molar-refractivity contribution in [3.05, 3.63) is 68.7 Å². The molecule has 0 saturated carbocycles. The first kappa shape index (κ1) is 15.4. The van der Waals surface area contributed by atoms with E-state index < -0.39 is 34.5 Å². The van der Waals surface area contributed by atoms with Crippen molar-refractivity contribution in [2.75, 3.05) is 0 Å². The van der Waals surface area contributed by atoms with Crippen LogP contribution in [0.3, 0.4) is 0 Å². The van der Waals surface area contributed by atoms with Crippen molar-refractivity contribution in [3.63, 3.8) is 0 Å².